The third kappa shape index (κ3) is 6.46. The number of nitrogens with one attached hydrogen (secondary N) is 1. The van der Waals surface area contributed by atoms with Gasteiger partial charge in [0.1, 0.15) is 6.04 Å². The number of ether oxygens (including phenoxy) is 2. The molecular weight excluding hydrogens is 300 g/mol. The van der Waals surface area contributed by atoms with E-state index in [2.05, 4.69) is 15.0 Å². The first-order valence-corrected chi connectivity index (χ1v) is 7.30. The van der Waals surface area contributed by atoms with Gasteiger partial charge in [0, 0.05) is 11.9 Å². The summed E-state index contributed by atoms with van der Waals surface area (Å²) in [5.41, 5.74) is 1.03. The van der Waals surface area contributed by atoms with Gasteiger partial charge in [0.15, 0.2) is 6.61 Å². The predicted molar refractivity (Wildman–Crippen MR) is 82.7 cm³/mol. The molecule has 0 fully saturated rings. The molecule has 7 heteroatoms. The van der Waals surface area contributed by atoms with Gasteiger partial charge in [-0.25, -0.2) is 9.59 Å². The molecule has 1 aromatic rings. The average molecular weight is 322 g/mol. The van der Waals surface area contributed by atoms with Crippen molar-refractivity contribution in [2.24, 2.45) is 5.92 Å². The lowest BCUT2D eigenvalue weighted by atomic mass is 10.0. The van der Waals surface area contributed by atoms with Crippen LogP contribution < -0.4 is 5.32 Å². The molecule has 0 unspecified atom stereocenters. The van der Waals surface area contributed by atoms with Gasteiger partial charge in [-0.2, -0.15) is 0 Å². The van der Waals surface area contributed by atoms with Crippen LogP contribution in [0.2, 0.25) is 0 Å². The van der Waals surface area contributed by atoms with Crippen LogP contribution in [0.15, 0.2) is 18.3 Å². The van der Waals surface area contributed by atoms with Crippen LogP contribution >= 0.6 is 0 Å². The Morgan fingerprint density at radius 2 is 1.96 bits per heavy atom. The van der Waals surface area contributed by atoms with Gasteiger partial charge in [-0.1, -0.05) is 13.8 Å². The fraction of sp³-hybridized carbons (Fsp3) is 0.500. The van der Waals surface area contributed by atoms with Crippen LogP contribution in [0, 0.1) is 12.8 Å². The van der Waals surface area contributed by atoms with Crippen molar-refractivity contribution in [2.75, 3.05) is 13.7 Å². The molecule has 1 heterocycles. The lowest BCUT2D eigenvalue weighted by Gasteiger charge is -2.18. The Bertz CT molecular complexity index is 554. The zero-order valence-corrected chi connectivity index (χ0v) is 13.8. The highest BCUT2D eigenvalue weighted by Crippen LogP contribution is 2.06. The Morgan fingerprint density at radius 1 is 1.26 bits per heavy atom. The number of rotatable bonds is 7. The summed E-state index contributed by atoms with van der Waals surface area (Å²) in [5.74, 6) is -1.54. The Morgan fingerprint density at radius 3 is 2.48 bits per heavy atom. The minimum atomic E-state index is -0.757. The van der Waals surface area contributed by atoms with Crippen LogP contribution in [0.4, 0.5) is 0 Å². The molecule has 0 saturated carbocycles. The van der Waals surface area contributed by atoms with Crippen molar-refractivity contribution in [1.29, 1.82) is 0 Å². The maximum Gasteiger partial charge on any atom is 0.340 e. The molecule has 0 aliphatic rings. The molecule has 1 amide bonds. The third-order valence-electron chi connectivity index (χ3n) is 3.01. The lowest BCUT2D eigenvalue weighted by Crippen LogP contribution is -2.44. The molecule has 126 valence electrons. The van der Waals surface area contributed by atoms with Gasteiger partial charge in [-0.3, -0.25) is 9.78 Å². The van der Waals surface area contributed by atoms with Crippen molar-refractivity contribution in [2.45, 2.75) is 33.2 Å². The molecule has 0 saturated heterocycles. The van der Waals surface area contributed by atoms with Crippen molar-refractivity contribution < 1.29 is 23.9 Å². The lowest BCUT2D eigenvalue weighted by molar-refractivity contribution is -0.145. The fourth-order valence-corrected chi connectivity index (χ4v) is 1.87. The standard InChI is InChI=1S/C16H22N2O5/c1-10(2)7-13(16(21)22-4)18-14(19)9-23-15(20)12-6-5-11(3)17-8-12/h5-6,8,10,13H,7,9H2,1-4H3,(H,18,19)/t13-/m0/s1. The van der Waals surface area contributed by atoms with E-state index in [0.29, 0.717) is 6.42 Å². The molecule has 1 aromatic heterocycles. The molecule has 23 heavy (non-hydrogen) atoms. The van der Waals surface area contributed by atoms with E-state index in [-0.39, 0.29) is 11.5 Å². The van der Waals surface area contributed by atoms with Crippen LogP contribution in [-0.2, 0) is 19.1 Å². The molecule has 0 aliphatic heterocycles. The van der Waals surface area contributed by atoms with Crippen LogP contribution in [0.1, 0.15) is 36.3 Å². The van der Waals surface area contributed by atoms with Crippen molar-refractivity contribution in [3.63, 3.8) is 0 Å². The summed E-state index contributed by atoms with van der Waals surface area (Å²) in [7, 11) is 1.26. The van der Waals surface area contributed by atoms with Crippen LogP contribution in [-0.4, -0.2) is 42.6 Å². The van der Waals surface area contributed by atoms with Gasteiger partial charge >= 0.3 is 11.9 Å². The van der Waals surface area contributed by atoms with E-state index >= 15 is 0 Å². The van der Waals surface area contributed by atoms with E-state index < -0.39 is 30.5 Å². The summed E-state index contributed by atoms with van der Waals surface area (Å²) in [6, 6.07) is 2.48. The molecule has 0 aromatic carbocycles. The molecule has 1 atom stereocenters. The van der Waals surface area contributed by atoms with Crippen LogP contribution in [0.5, 0.6) is 0 Å². The van der Waals surface area contributed by atoms with Gasteiger partial charge in [0.2, 0.25) is 0 Å². The predicted octanol–water partition coefficient (Wildman–Crippen LogP) is 1.25. The largest absolute Gasteiger partial charge is 0.467 e. The molecule has 0 radical (unpaired) electrons. The average Bonchev–Trinajstić information content (AvgIpc) is 2.51. The number of amides is 1. The highest BCUT2D eigenvalue weighted by Gasteiger charge is 2.23. The minimum absolute atomic E-state index is 0.195. The first kappa shape index (κ1) is 18.6. The van der Waals surface area contributed by atoms with Crippen molar-refractivity contribution >= 4 is 17.8 Å². The Balaban J connectivity index is 2.52. The summed E-state index contributed by atoms with van der Waals surface area (Å²) < 4.78 is 9.56. The molecule has 7 nitrogen and oxygen atoms in total. The number of hydrogen-bond acceptors (Lipinski definition) is 6. The highest BCUT2D eigenvalue weighted by atomic mass is 16.5. The number of methoxy groups -OCH3 is 1. The number of esters is 2. The van der Waals surface area contributed by atoms with E-state index in [1.54, 1.807) is 19.1 Å². The van der Waals surface area contributed by atoms with Gasteiger partial charge in [-0.05, 0) is 31.4 Å². The smallest absolute Gasteiger partial charge is 0.340 e. The maximum atomic E-state index is 11.8. The number of hydrogen-bond donors (Lipinski definition) is 1. The first-order chi connectivity index (χ1) is 10.8. The molecule has 0 spiro atoms. The summed E-state index contributed by atoms with van der Waals surface area (Å²) in [4.78, 5) is 39.2. The SMILES string of the molecule is COC(=O)[C@H](CC(C)C)NC(=O)COC(=O)c1ccc(C)nc1. The number of carbonyl (C=O) groups is 3. The van der Waals surface area contributed by atoms with Crippen molar-refractivity contribution in [3.8, 4) is 0 Å². The van der Waals surface area contributed by atoms with Crippen LogP contribution in [0.25, 0.3) is 0 Å². The van der Waals surface area contributed by atoms with E-state index in [4.69, 9.17) is 4.74 Å². The van der Waals surface area contributed by atoms with E-state index in [1.165, 1.54) is 13.3 Å². The second-order valence-corrected chi connectivity index (χ2v) is 5.54. The summed E-state index contributed by atoms with van der Waals surface area (Å²) >= 11 is 0. The maximum absolute atomic E-state index is 11.8. The number of aryl methyl sites for hydroxylation is 1. The van der Waals surface area contributed by atoms with E-state index in [9.17, 15) is 14.4 Å². The minimum Gasteiger partial charge on any atom is -0.467 e. The zero-order valence-electron chi connectivity index (χ0n) is 13.8. The summed E-state index contributed by atoms with van der Waals surface area (Å²) in [5, 5.41) is 2.51. The molecule has 1 N–H and O–H groups in total. The molecule has 0 aliphatic carbocycles. The number of pyridine rings is 1. The first-order valence-electron chi connectivity index (χ1n) is 7.30. The van der Waals surface area contributed by atoms with Gasteiger partial charge in [0.25, 0.3) is 5.91 Å². The normalized spacial score (nSPS) is 11.7. The number of aromatic nitrogens is 1. The van der Waals surface area contributed by atoms with E-state index in [0.717, 1.165) is 5.69 Å². The van der Waals surface area contributed by atoms with Crippen LogP contribution in [0.3, 0.4) is 0 Å². The van der Waals surface area contributed by atoms with Gasteiger partial charge in [-0.15, -0.1) is 0 Å². The fourth-order valence-electron chi connectivity index (χ4n) is 1.87. The Labute approximate surface area is 135 Å². The second kappa shape index (κ2) is 8.87. The van der Waals surface area contributed by atoms with Gasteiger partial charge < -0.3 is 14.8 Å². The molecule has 1 rings (SSSR count). The summed E-state index contributed by atoms with van der Waals surface area (Å²) in [6.45, 7) is 5.17. The van der Waals surface area contributed by atoms with Gasteiger partial charge in [0.05, 0.1) is 12.7 Å². The third-order valence-corrected chi connectivity index (χ3v) is 3.01. The summed E-state index contributed by atoms with van der Waals surface area (Å²) in [6.07, 6.45) is 1.82. The second-order valence-electron chi connectivity index (χ2n) is 5.54. The van der Waals surface area contributed by atoms with Crippen molar-refractivity contribution in [3.05, 3.63) is 29.6 Å². The highest BCUT2D eigenvalue weighted by molar-refractivity contribution is 5.91. The Kier molecular flexibility index (Phi) is 7.18. The molecular formula is C16H22N2O5. The molecule has 0 bridgehead atoms. The number of carbonyl (C=O) groups excluding carboxylic acids is 3. The topological polar surface area (TPSA) is 94.6 Å². The monoisotopic (exact) mass is 322 g/mol. The zero-order chi connectivity index (χ0) is 17.4. The van der Waals surface area contributed by atoms with E-state index in [1.807, 2.05) is 13.8 Å². The number of nitrogens with zero attached hydrogens (tertiary/aromatic N) is 1. The van der Waals surface area contributed by atoms with Crippen molar-refractivity contribution in [1.82, 2.24) is 10.3 Å². The quantitative estimate of drug-likeness (QED) is 0.759. The Hall–Kier alpha value is -2.44.